The number of aryl methyl sites for hydroxylation is 1. The molecule has 3 aromatic rings. The number of halogens is 1. The minimum Gasteiger partial charge on any atom is -0.356 e. The van der Waals surface area contributed by atoms with Crippen LogP contribution in [0.25, 0.3) is 10.9 Å². The number of nitrogens with one attached hydrogen (secondary N) is 3. The zero-order valence-corrected chi connectivity index (χ0v) is 15.9. The zero-order chi connectivity index (χ0) is 20.2. The molecule has 3 N–H and O–H groups in total. The predicted molar refractivity (Wildman–Crippen MR) is 106 cm³/mol. The van der Waals surface area contributed by atoms with Crippen molar-refractivity contribution in [3.05, 3.63) is 59.6 Å². The highest BCUT2D eigenvalue weighted by atomic mass is 19.1. The molecular formula is C21H22FN5O2. The van der Waals surface area contributed by atoms with E-state index < -0.39 is 0 Å². The lowest BCUT2D eigenvalue weighted by Crippen LogP contribution is -2.32. The smallest absolute Gasteiger partial charge is 0.271 e. The summed E-state index contributed by atoms with van der Waals surface area (Å²) in [4.78, 5) is 35.4. The van der Waals surface area contributed by atoms with Crippen LogP contribution in [0.5, 0.6) is 0 Å². The summed E-state index contributed by atoms with van der Waals surface area (Å²) in [5.41, 5.74) is 3.21. The molecule has 0 bridgehead atoms. The van der Waals surface area contributed by atoms with Crippen LogP contribution < -0.4 is 10.6 Å². The highest BCUT2D eigenvalue weighted by molar-refractivity contribution is 5.91. The first-order chi connectivity index (χ1) is 14.1. The van der Waals surface area contributed by atoms with E-state index in [1.807, 2.05) is 0 Å². The minimum absolute atomic E-state index is 0.0681. The van der Waals surface area contributed by atoms with Crippen LogP contribution in [0, 0.1) is 5.82 Å². The van der Waals surface area contributed by atoms with Gasteiger partial charge in [0, 0.05) is 42.0 Å². The van der Waals surface area contributed by atoms with Gasteiger partial charge in [0.05, 0.1) is 12.2 Å². The van der Waals surface area contributed by atoms with Crippen molar-refractivity contribution in [2.75, 3.05) is 6.54 Å². The Morgan fingerprint density at radius 1 is 1.28 bits per heavy atom. The summed E-state index contributed by atoms with van der Waals surface area (Å²) in [7, 11) is 0. The topological polar surface area (TPSA) is 99.8 Å². The summed E-state index contributed by atoms with van der Waals surface area (Å²) in [5.74, 6) is -0.629. The molecule has 0 aliphatic heterocycles. The molecule has 2 heterocycles. The molecule has 7 nitrogen and oxygen atoms in total. The molecule has 4 rings (SSSR count). The molecule has 0 spiro atoms. The number of carbonyl (C=O) groups is 2. The Balaban J connectivity index is 1.31. The first-order valence-corrected chi connectivity index (χ1v) is 9.75. The second-order valence-corrected chi connectivity index (χ2v) is 7.17. The second kappa shape index (κ2) is 8.38. The number of fused-ring (bicyclic) bond motifs is 3. The Hall–Kier alpha value is -3.29. The van der Waals surface area contributed by atoms with E-state index in [4.69, 9.17) is 0 Å². The van der Waals surface area contributed by atoms with E-state index in [9.17, 15) is 14.0 Å². The number of aromatic nitrogens is 3. The van der Waals surface area contributed by atoms with Gasteiger partial charge in [-0.05, 0) is 49.4 Å². The second-order valence-electron chi connectivity index (χ2n) is 7.17. The lowest BCUT2D eigenvalue weighted by molar-refractivity contribution is -0.122. The molecule has 1 aromatic carbocycles. The molecule has 0 fully saturated rings. The van der Waals surface area contributed by atoms with Crippen molar-refractivity contribution in [3.8, 4) is 0 Å². The number of nitrogens with zero attached hydrogens (tertiary/aromatic N) is 2. The molecular weight excluding hydrogens is 373 g/mol. The largest absolute Gasteiger partial charge is 0.356 e. The number of aromatic amines is 1. The zero-order valence-electron chi connectivity index (χ0n) is 15.9. The number of hydrogen-bond donors (Lipinski definition) is 3. The van der Waals surface area contributed by atoms with Gasteiger partial charge < -0.3 is 15.6 Å². The standard InChI is InChI=1S/C21H22FN5O2/c22-13-6-7-16-15(11-13)14-3-1-4-17(20(14)27-16)26-19(28)5-2-8-25-21(29)18-12-23-9-10-24-18/h6-7,9-12,17,27H,1-5,8H2,(H,25,29)(H,26,28)/t17-/m1/s1. The summed E-state index contributed by atoms with van der Waals surface area (Å²) in [6.45, 7) is 0.379. The first-order valence-electron chi connectivity index (χ1n) is 9.75. The fourth-order valence-electron chi connectivity index (χ4n) is 3.80. The lowest BCUT2D eigenvalue weighted by atomic mass is 9.91. The van der Waals surface area contributed by atoms with Crippen LogP contribution in [0.3, 0.4) is 0 Å². The summed E-state index contributed by atoms with van der Waals surface area (Å²) in [6.07, 6.45) is 7.85. The minimum atomic E-state index is -0.305. The quantitative estimate of drug-likeness (QED) is 0.559. The summed E-state index contributed by atoms with van der Waals surface area (Å²) >= 11 is 0. The number of amides is 2. The lowest BCUT2D eigenvalue weighted by Gasteiger charge is -2.24. The molecule has 0 radical (unpaired) electrons. The fraction of sp³-hybridized carbons (Fsp3) is 0.333. The van der Waals surface area contributed by atoms with Gasteiger partial charge in [-0.2, -0.15) is 0 Å². The first kappa shape index (κ1) is 19.0. The van der Waals surface area contributed by atoms with Gasteiger partial charge in [0.25, 0.3) is 5.91 Å². The van der Waals surface area contributed by atoms with E-state index in [0.717, 1.165) is 41.4 Å². The van der Waals surface area contributed by atoms with Crippen molar-refractivity contribution in [2.24, 2.45) is 0 Å². The van der Waals surface area contributed by atoms with Gasteiger partial charge in [0.1, 0.15) is 11.5 Å². The molecule has 0 saturated heterocycles. The van der Waals surface area contributed by atoms with Crippen LogP contribution in [0.1, 0.15) is 53.5 Å². The van der Waals surface area contributed by atoms with Crippen molar-refractivity contribution >= 4 is 22.7 Å². The monoisotopic (exact) mass is 395 g/mol. The normalized spacial score (nSPS) is 15.7. The highest BCUT2D eigenvalue weighted by Crippen LogP contribution is 2.35. The van der Waals surface area contributed by atoms with Gasteiger partial charge >= 0.3 is 0 Å². The maximum atomic E-state index is 13.6. The Kier molecular flexibility index (Phi) is 5.50. The summed E-state index contributed by atoms with van der Waals surface area (Å²) in [6, 6.07) is 4.62. The van der Waals surface area contributed by atoms with Crippen LogP contribution >= 0.6 is 0 Å². The molecule has 150 valence electrons. The van der Waals surface area contributed by atoms with E-state index in [-0.39, 0.29) is 29.4 Å². The average molecular weight is 395 g/mol. The van der Waals surface area contributed by atoms with Crippen LogP contribution in [0.15, 0.2) is 36.8 Å². The summed E-state index contributed by atoms with van der Waals surface area (Å²) in [5, 5.41) is 6.70. The van der Waals surface area contributed by atoms with E-state index in [0.29, 0.717) is 19.4 Å². The third-order valence-electron chi connectivity index (χ3n) is 5.17. The van der Waals surface area contributed by atoms with Crippen molar-refractivity contribution in [1.82, 2.24) is 25.6 Å². The van der Waals surface area contributed by atoms with Crippen molar-refractivity contribution in [2.45, 2.75) is 38.1 Å². The highest BCUT2D eigenvalue weighted by Gasteiger charge is 2.25. The predicted octanol–water partition coefficient (Wildman–Crippen LogP) is 2.80. The van der Waals surface area contributed by atoms with Gasteiger partial charge in [0.15, 0.2) is 0 Å². The third kappa shape index (κ3) is 4.26. The van der Waals surface area contributed by atoms with E-state index in [1.165, 1.54) is 24.7 Å². The van der Waals surface area contributed by atoms with Gasteiger partial charge in [-0.15, -0.1) is 0 Å². The Bertz CT molecular complexity index is 1030. The molecule has 1 aliphatic carbocycles. The molecule has 2 aromatic heterocycles. The van der Waals surface area contributed by atoms with Gasteiger partial charge in [-0.25, -0.2) is 9.37 Å². The number of rotatable bonds is 6. The Morgan fingerprint density at radius 2 is 2.17 bits per heavy atom. The summed E-state index contributed by atoms with van der Waals surface area (Å²) < 4.78 is 13.6. The maximum absolute atomic E-state index is 13.6. The van der Waals surface area contributed by atoms with E-state index in [1.54, 1.807) is 12.1 Å². The van der Waals surface area contributed by atoms with Crippen molar-refractivity contribution in [1.29, 1.82) is 0 Å². The van der Waals surface area contributed by atoms with Crippen molar-refractivity contribution in [3.63, 3.8) is 0 Å². The van der Waals surface area contributed by atoms with Gasteiger partial charge in [0.2, 0.25) is 5.91 Å². The molecule has 0 saturated carbocycles. The Labute approximate surface area is 167 Å². The SMILES string of the molecule is O=C(CCCNC(=O)c1cnccn1)N[C@@H]1CCCc2c1[nH]c1ccc(F)cc21. The molecule has 0 unspecified atom stereocenters. The molecule has 1 atom stereocenters. The van der Waals surface area contributed by atoms with Crippen molar-refractivity contribution < 1.29 is 14.0 Å². The molecule has 1 aliphatic rings. The van der Waals surface area contributed by atoms with Crippen LogP contribution in [0.2, 0.25) is 0 Å². The van der Waals surface area contributed by atoms with Gasteiger partial charge in [-0.1, -0.05) is 0 Å². The van der Waals surface area contributed by atoms with Crippen LogP contribution in [-0.2, 0) is 11.2 Å². The fourth-order valence-corrected chi connectivity index (χ4v) is 3.80. The van der Waals surface area contributed by atoms with Crippen LogP contribution in [0.4, 0.5) is 4.39 Å². The number of H-pyrrole nitrogens is 1. The molecule has 2 amide bonds. The molecule has 8 heteroatoms. The van der Waals surface area contributed by atoms with Gasteiger partial charge in [-0.3, -0.25) is 14.6 Å². The number of benzene rings is 1. The molecule has 29 heavy (non-hydrogen) atoms. The van der Waals surface area contributed by atoms with E-state index in [2.05, 4.69) is 25.6 Å². The third-order valence-corrected chi connectivity index (χ3v) is 5.17. The average Bonchev–Trinajstić information content (AvgIpc) is 3.11. The maximum Gasteiger partial charge on any atom is 0.271 e. The Morgan fingerprint density at radius 3 is 3.00 bits per heavy atom. The van der Waals surface area contributed by atoms with E-state index >= 15 is 0 Å². The van der Waals surface area contributed by atoms with Crippen LogP contribution in [-0.4, -0.2) is 33.3 Å². The number of hydrogen-bond acceptors (Lipinski definition) is 4. The number of carbonyl (C=O) groups excluding carboxylic acids is 2.